The van der Waals surface area contributed by atoms with Crippen LogP contribution < -0.4 is 0 Å². The highest BCUT2D eigenvalue weighted by molar-refractivity contribution is 7.47. The van der Waals surface area contributed by atoms with Crippen LogP contribution in [0.25, 0.3) is 0 Å². The molecule has 2 atom stereocenters. The summed E-state index contributed by atoms with van der Waals surface area (Å²) in [5, 5.41) is 0. The highest BCUT2D eigenvalue weighted by Gasteiger charge is 2.27. The average molecular weight is 859 g/mol. The fraction of sp³-hybridized carbons (Fsp3) is 0.918. The first-order valence-electron chi connectivity index (χ1n) is 24.9. The molecule has 59 heavy (non-hydrogen) atoms. The molecule has 9 nitrogen and oxygen atoms in total. The molecule has 0 spiro atoms. The van der Waals surface area contributed by atoms with E-state index in [9.17, 15) is 19.0 Å². The number of esters is 2. The number of ether oxygens (including phenoxy) is 2. The number of hydrogen-bond acceptors (Lipinski definition) is 7. The number of unbranched alkanes of at least 4 members (excludes halogenated alkanes) is 30. The second kappa shape index (κ2) is 42.1. The molecule has 0 aliphatic carbocycles. The lowest BCUT2D eigenvalue weighted by atomic mass is 10.0. The van der Waals surface area contributed by atoms with E-state index in [4.69, 9.17) is 18.5 Å². The third-order valence-electron chi connectivity index (χ3n) is 11.0. The fourth-order valence-corrected chi connectivity index (χ4v) is 7.87. The fourth-order valence-electron chi connectivity index (χ4n) is 7.13. The number of quaternary nitrogens is 1. The highest BCUT2D eigenvalue weighted by Crippen LogP contribution is 2.43. The SMILES string of the molecule is CCCCCCCC/C=C/CCCCCCCC(=O)OC[C@H](COP(=O)(O)OCC[N+](C)(C)C)OC(=O)CCCCCCCCCCCCCCCCCCCCCC. The summed E-state index contributed by atoms with van der Waals surface area (Å²) in [6, 6.07) is 0. The van der Waals surface area contributed by atoms with Crippen molar-refractivity contribution >= 4 is 19.8 Å². The second-order valence-electron chi connectivity index (χ2n) is 18.2. The van der Waals surface area contributed by atoms with Gasteiger partial charge in [0.05, 0.1) is 27.7 Å². The Bertz CT molecular complexity index is 1020. The van der Waals surface area contributed by atoms with Gasteiger partial charge in [-0.2, -0.15) is 0 Å². The molecule has 0 rings (SSSR count). The standard InChI is InChI=1S/C49H96NO8P/c1-6-8-10-12-14-16-18-20-22-23-24-25-26-28-30-32-34-36-38-40-42-49(52)58-47(46-57-59(53,54)56-44-43-50(3,4)5)45-55-48(51)41-39-37-35-33-31-29-27-21-19-17-15-13-11-9-7-2/h21,27,47H,6-20,22-26,28-46H2,1-5H3/p+1/b27-21+/t47-/m1/s1. The molecule has 350 valence electrons. The molecule has 0 radical (unpaired) electrons. The minimum Gasteiger partial charge on any atom is -0.462 e. The van der Waals surface area contributed by atoms with E-state index in [1.54, 1.807) is 0 Å². The van der Waals surface area contributed by atoms with Gasteiger partial charge >= 0.3 is 19.8 Å². The topological polar surface area (TPSA) is 108 Å². The molecule has 0 heterocycles. The van der Waals surface area contributed by atoms with Crippen molar-refractivity contribution in [2.45, 2.75) is 245 Å². The molecule has 1 N–H and O–H groups in total. The Morgan fingerprint density at radius 1 is 0.508 bits per heavy atom. The first-order chi connectivity index (χ1) is 28.5. The molecule has 0 aromatic carbocycles. The van der Waals surface area contributed by atoms with Crippen molar-refractivity contribution in [3.63, 3.8) is 0 Å². The average Bonchev–Trinajstić information content (AvgIpc) is 3.19. The van der Waals surface area contributed by atoms with Crippen LogP contribution in [0, 0.1) is 0 Å². The molecular weight excluding hydrogens is 762 g/mol. The molecule has 0 bridgehead atoms. The van der Waals surface area contributed by atoms with Crippen molar-refractivity contribution in [2.24, 2.45) is 0 Å². The summed E-state index contributed by atoms with van der Waals surface area (Å²) < 4.78 is 34.4. The van der Waals surface area contributed by atoms with Gasteiger partial charge in [-0.25, -0.2) is 4.57 Å². The molecule has 0 saturated carbocycles. The zero-order valence-corrected chi connectivity index (χ0v) is 40.4. The Morgan fingerprint density at radius 3 is 1.25 bits per heavy atom. The van der Waals surface area contributed by atoms with Gasteiger partial charge in [0.2, 0.25) is 0 Å². The van der Waals surface area contributed by atoms with E-state index in [2.05, 4.69) is 26.0 Å². The van der Waals surface area contributed by atoms with E-state index >= 15 is 0 Å². The summed E-state index contributed by atoms with van der Waals surface area (Å²) in [4.78, 5) is 35.5. The van der Waals surface area contributed by atoms with Crippen LogP contribution in [-0.4, -0.2) is 74.9 Å². The predicted octanol–water partition coefficient (Wildman–Crippen LogP) is 14.5. The van der Waals surface area contributed by atoms with E-state index < -0.39 is 26.5 Å². The number of rotatable bonds is 46. The second-order valence-corrected chi connectivity index (χ2v) is 19.7. The summed E-state index contributed by atoms with van der Waals surface area (Å²) >= 11 is 0. The summed E-state index contributed by atoms with van der Waals surface area (Å²) in [5.41, 5.74) is 0. The quantitative estimate of drug-likeness (QED) is 0.0212. The zero-order chi connectivity index (χ0) is 43.6. The van der Waals surface area contributed by atoms with Crippen LogP contribution in [0.4, 0.5) is 0 Å². The summed E-state index contributed by atoms with van der Waals surface area (Å²) in [6.45, 7) is 4.45. The van der Waals surface area contributed by atoms with Crippen LogP contribution in [0.5, 0.6) is 0 Å². The van der Waals surface area contributed by atoms with E-state index in [0.29, 0.717) is 17.4 Å². The van der Waals surface area contributed by atoms with Crippen LogP contribution in [-0.2, 0) is 32.7 Å². The van der Waals surface area contributed by atoms with Crippen molar-refractivity contribution < 1.29 is 42.1 Å². The molecule has 0 aromatic heterocycles. The van der Waals surface area contributed by atoms with Crippen molar-refractivity contribution in [3.8, 4) is 0 Å². The van der Waals surface area contributed by atoms with E-state index in [0.717, 1.165) is 51.4 Å². The van der Waals surface area contributed by atoms with Gasteiger partial charge in [0.25, 0.3) is 0 Å². The monoisotopic (exact) mass is 859 g/mol. The Balaban J connectivity index is 4.24. The summed E-state index contributed by atoms with van der Waals surface area (Å²) in [5.74, 6) is -0.794. The Kier molecular flexibility index (Phi) is 41.2. The predicted molar refractivity (Wildman–Crippen MR) is 248 cm³/mol. The van der Waals surface area contributed by atoms with Crippen molar-refractivity contribution in [2.75, 3.05) is 47.5 Å². The Hall–Kier alpha value is -1.25. The lowest BCUT2D eigenvalue weighted by Crippen LogP contribution is -2.37. The maximum absolute atomic E-state index is 12.7. The Labute approximate surface area is 365 Å². The molecular formula is C49H97NO8P+. The van der Waals surface area contributed by atoms with E-state index in [1.807, 2.05) is 21.1 Å². The normalized spacial score (nSPS) is 13.5. The maximum Gasteiger partial charge on any atom is 0.472 e. The highest BCUT2D eigenvalue weighted by atomic mass is 31.2. The first-order valence-corrected chi connectivity index (χ1v) is 26.4. The number of phosphoric acid groups is 1. The molecule has 1 unspecified atom stereocenters. The van der Waals surface area contributed by atoms with E-state index in [1.165, 1.54) is 154 Å². The van der Waals surface area contributed by atoms with E-state index in [-0.39, 0.29) is 32.0 Å². The van der Waals surface area contributed by atoms with Crippen molar-refractivity contribution in [1.29, 1.82) is 0 Å². The van der Waals surface area contributed by atoms with Gasteiger partial charge in [0.1, 0.15) is 19.8 Å². The third-order valence-corrected chi connectivity index (χ3v) is 12.0. The maximum atomic E-state index is 12.7. The molecule has 0 aliphatic heterocycles. The zero-order valence-electron chi connectivity index (χ0n) is 39.5. The van der Waals surface area contributed by atoms with Crippen LogP contribution in [0.1, 0.15) is 239 Å². The number of hydrogen-bond donors (Lipinski definition) is 1. The van der Waals surface area contributed by atoms with Crippen LogP contribution >= 0.6 is 7.82 Å². The van der Waals surface area contributed by atoms with Crippen molar-refractivity contribution in [3.05, 3.63) is 12.2 Å². The van der Waals surface area contributed by atoms with Gasteiger partial charge in [0, 0.05) is 12.8 Å². The lowest BCUT2D eigenvalue weighted by molar-refractivity contribution is -0.870. The number of carbonyl (C=O) groups excluding carboxylic acids is 2. The van der Waals surface area contributed by atoms with Gasteiger partial charge in [-0.15, -0.1) is 0 Å². The van der Waals surface area contributed by atoms with Crippen LogP contribution in [0.3, 0.4) is 0 Å². The van der Waals surface area contributed by atoms with Gasteiger partial charge in [-0.3, -0.25) is 18.6 Å². The number of nitrogens with zero attached hydrogens (tertiary/aromatic N) is 1. The first kappa shape index (κ1) is 57.8. The largest absolute Gasteiger partial charge is 0.472 e. The Morgan fingerprint density at radius 2 is 0.864 bits per heavy atom. The van der Waals surface area contributed by atoms with Gasteiger partial charge in [0.15, 0.2) is 6.10 Å². The minimum atomic E-state index is -4.37. The van der Waals surface area contributed by atoms with Crippen molar-refractivity contribution in [1.82, 2.24) is 0 Å². The number of likely N-dealkylation sites (N-methyl/N-ethyl adjacent to an activating group) is 1. The molecule has 10 heteroatoms. The van der Waals surface area contributed by atoms with Gasteiger partial charge in [-0.05, 0) is 38.5 Å². The van der Waals surface area contributed by atoms with Crippen LogP contribution in [0.2, 0.25) is 0 Å². The molecule has 0 saturated heterocycles. The molecule has 0 aromatic rings. The third kappa shape index (κ3) is 46.1. The molecule has 0 aliphatic rings. The van der Waals surface area contributed by atoms with Crippen LogP contribution in [0.15, 0.2) is 12.2 Å². The van der Waals surface area contributed by atoms with Gasteiger partial charge in [-0.1, -0.05) is 199 Å². The van der Waals surface area contributed by atoms with Gasteiger partial charge < -0.3 is 18.9 Å². The summed E-state index contributed by atoms with van der Waals surface area (Å²) in [6.07, 6.45) is 45.4. The number of phosphoric ester groups is 1. The minimum absolute atomic E-state index is 0.0338. The lowest BCUT2D eigenvalue weighted by Gasteiger charge is -2.24. The summed E-state index contributed by atoms with van der Waals surface area (Å²) in [7, 11) is 1.49. The molecule has 0 amide bonds. The number of carbonyl (C=O) groups is 2. The number of allylic oxidation sites excluding steroid dienone is 2. The smallest absolute Gasteiger partial charge is 0.462 e. The molecule has 0 fully saturated rings.